The SMILES string of the molecule is O=c1c2ccc(F)cc2ncn1CCc1ccncc1. The van der Waals surface area contributed by atoms with Crippen molar-refractivity contribution in [1.29, 1.82) is 0 Å². The molecule has 0 aliphatic heterocycles. The standard InChI is InChI=1S/C15H12FN3O/c16-12-1-2-13-14(9-12)18-10-19(15(13)20)8-5-11-3-6-17-7-4-11/h1-4,6-7,9-10H,5,8H2. The third kappa shape index (κ3) is 2.42. The molecule has 3 rings (SSSR count). The van der Waals surface area contributed by atoms with Gasteiger partial charge in [0.25, 0.3) is 5.56 Å². The smallest absolute Gasteiger partial charge is 0.261 e. The van der Waals surface area contributed by atoms with Crippen LogP contribution in [0.25, 0.3) is 10.9 Å². The summed E-state index contributed by atoms with van der Waals surface area (Å²) in [6, 6.07) is 7.84. The molecular weight excluding hydrogens is 257 g/mol. The lowest BCUT2D eigenvalue weighted by atomic mass is 10.2. The van der Waals surface area contributed by atoms with Crippen LogP contribution in [0.1, 0.15) is 5.56 Å². The highest BCUT2D eigenvalue weighted by molar-refractivity contribution is 5.77. The zero-order chi connectivity index (χ0) is 13.9. The van der Waals surface area contributed by atoms with Gasteiger partial charge in [-0.25, -0.2) is 9.37 Å². The molecule has 2 aromatic heterocycles. The first kappa shape index (κ1) is 12.5. The van der Waals surface area contributed by atoms with E-state index in [0.29, 0.717) is 17.4 Å². The van der Waals surface area contributed by atoms with Gasteiger partial charge in [0, 0.05) is 25.0 Å². The second kappa shape index (κ2) is 5.21. The van der Waals surface area contributed by atoms with Crippen LogP contribution < -0.4 is 5.56 Å². The predicted molar refractivity (Wildman–Crippen MR) is 73.9 cm³/mol. The van der Waals surface area contributed by atoms with E-state index < -0.39 is 0 Å². The van der Waals surface area contributed by atoms with Crippen LogP contribution in [0, 0.1) is 5.82 Å². The van der Waals surface area contributed by atoms with Crippen molar-refractivity contribution in [3.05, 3.63) is 70.8 Å². The summed E-state index contributed by atoms with van der Waals surface area (Å²) >= 11 is 0. The number of nitrogens with zero attached hydrogens (tertiary/aromatic N) is 3. The molecule has 0 N–H and O–H groups in total. The number of aromatic nitrogens is 3. The number of fused-ring (bicyclic) bond motifs is 1. The number of rotatable bonds is 3. The molecule has 0 saturated carbocycles. The lowest BCUT2D eigenvalue weighted by Gasteiger charge is -2.06. The van der Waals surface area contributed by atoms with Gasteiger partial charge in [0.2, 0.25) is 0 Å². The van der Waals surface area contributed by atoms with Crippen molar-refractivity contribution in [2.75, 3.05) is 0 Å². The van der Waals surface area contributed by atoms with E-state index in [1.807, 2.05) is 12.1 Å². The van der Waals surface area contributed by atoms with Crippen molar-refractivity contribution < 1.29 is 4.39 Å². The summed E-state index contributed by atoms with van der Waals surface area (Å²) in [5.41, 5.74) is 1.34. The molecule has 0 saturated heterocycles. The van der Waals surface area contributed by atoms with Crippen LogP contribution in [0.15, 0.2) is 53.8 Å². The van der Waals surface area contributed by atoms with Gasteiger partial charge in [-0.2, -0.15) is 0 Å². The molecule has 20 heavy (non-hydrogen) atoms. The van der Waals surface area contributed by atoms with E-state index in [2.05, 4.69) is 9.97 Å². The summed E-state index contributed by atoms with van der Waals surface area (Å²) in [6.45, 7) is 0.531. The van der Waals surface area contributed by atoms with Gasteiger partial charge in [0.15, 0.2) is 0 Å². The Morgan fingerprint density at radius 1 is 1.15 bits per heavy atom. The van der Waals surface area contributed by atoms with Crippen molar-refractivity contribution in [2.45, 2.75) is 13.0 Å². The van der Waals surface area contributed by atoms with Gasteiger partial charge in [-0.1, -0.05) is 0 Å². The number of hydrogen-bond acceptors (Lipinski definition) is 3. The molecule has 4 nitrogen and oxygen atoms in total. The minimum absolute atomic E-state index is 0.149. The first-order valence-corrected chi connectivity index (χ1v) is 6.27. The van der Waals surface area contributed by atoms with E-state index in [-0.39, 0.29) is 11.4 Å². The lowest BCUT2D eigenvalue weighted by molar-refractivity contribution is 0.628. The average Bonchev–Trinajstić information content (AvgIpc) is 2.47. The maximum absolute atomic E-state index is 13.1. The quantitative estimate of drug-likeness (QED) is 0.732. The summed E-state index contributed by atoms with van der Waals surface area (Å²) in [5.74, 6) is -0.390. The highest BCUT2D eigenvalue weighted by Crippen LogP contribution is 2.08. The first-order valence-electron chi connectivity index (χ1n) is 6.27. The van der Waals surface area contributed by atoms with Gasteiger partial charge >= 0.3 is 0 Å². The molecule has 1 aromatic carbocycles. The molecule has 2 heterocycles. The summed E-state index contributed by atoms with van der Waals surface area (Å²) in [7, 11) is 0. The zero-order valence-electron chi connectivity index (χ0n) is 10.7. The fourth-order valence-corrected chi connectivity index (χ4v) is 2.09. The number of pyridine rings is 1. The third-order valence-corrected chi connectivity index (χ3v) is 3.18. The molecule has 0 aliphatic rings. The lowest BCUT2D eigenvalue weighted by Crippen LogP contribution is -2.21. The molecule has 0 aliphatic carbocycles. The van der Waals surface area contributed by atoms with Crippen LogP contribution in [-0.2, 0) is 13.0 Å². The van der Waals surface area contributed by atoms with Crippen molar-refractivity contribution in [1.82, 2.24) is 14.5 Å². The minimum Gasteiger partial charge on any atom is -0.298 e. The molecule has 0 radical (unpaired) electrons. The Bertz CT molecular complexity index is 799. The first-order chi connectivity index (χ1) is 9.74. The maximum Gasteiger partial charge on any atom is 0.261 e. The highest BCUT2D eigenvalue weighted by atomic mass is 19.1. The van der Waals surface area contributed by atoms with Crippen LogP contribution in [0.5, 0.6) is 0 Å². The van der Waals surface area contributed by atoms with Crippen molar-refractivity contribution in [3.63, 3.8) is 0 Å². The zero-order valence-corrected chi connectivity index (χ0v) is 10.7. The molecule has 0 amide bonds. The fraction of sp³-hybridized carbons (Fsp3) is 0.133. The summed E-state index contributed by atoms with van der Waals surface area (Å²) in [4.78, 5) is 20.3. The molecule has 3 aromatic rings. The number of aryl methyl sites for hydroxylation is 2. The van der Waals surface area contributed by atoms with E-state index in [1.54, 1.807) is 17.0 Å². The van der Waals surface area contributed by atoms with Gasteiger partial charge in [0.05, 0.1) is 17.2 Å². The Morgan fingerprint density at radius 2 is 1.95 bits per heavy atom. The van der Waals surface area contributed by atoms with E-state index >= 15 is 0 Å². The molecule has 5 heteroatoms. The molecular formula is C15H12FN3O. The third-order valence-electron chi connectivity index (χ3n) is 3.18. The molecule has 100 valence electrons. The van der Waals surface area contributed by atoms with E-state index in [1.165, 1.54) is 24.5 Å². The summed E-state index contributed by atoms with van der Waals surface area (Å²) < 4.78 is 14.6. The molecule has 0 unspecified atom stereocenters. The normalized spacial score (nSPS) is 10.8. The van der Waals surface area contributed by atoms with Crippen LogP contribution >= 0.6 is 0 Å². The Balaban J connectivity index is 1.91. The van der Waals surface area contributed by atoms with Crippen LogP contribution in [-0.4, -0.2) is 14.5 Å². The molecule has 0 fully saturated rings. The fourth-order valence-electron chi connectivity index (χ4n) is 2.09. The summed E-state index contributed by atoms with van der Waals surface area (Å²) in [6.07, 6.45) is 5.63. The number of hydrogen-bond donors (Lipinski definition) is 0. The second-order valence-electron chi connectivity index (χ2n) is 4.51. The number of halogens is 1. The van der Waals surface area contributed by atoms with Gasteiger partial charge in [-0.05, 0) is 36.2 Å². The Labute approximate surface area is 114 Å². The van der Waals surface area contributed by atoms with Gasteiger partial charge < -0.3 is 0 Å². The Kier molecular flexibility index (Phi) is 3.25. The Morgan fingerprint density at radius 3 is 2.75 bits per heavy atom. The summed E-state index contributed by atoms with van der Waals surface area (Å²) in [5, 5.41) is 0.434. The van der Waals surface area contributed by atoms with Gasteiger partial charge in [-0.15, -0.1) is 0 Å². The monoisotopic (exact) mass is 269 g/mol. The van der Waals surface area contributed by atoms with Gasteiger partial charge in [0.1, 0.15) is 5.82 Å². The second-order valence-corrected chi connectivity index (χ2v) is 4.51. The highest BCUT2D eigenvalue weighted by Gasteiger charge is 2.05. The van der Waals surface area contributed by atoms with E-state index in [0.717, 1.165) is 12.0 Å². The molecule has 0 spiro atoms. The van der Waals surface area contributed by atoms with E-state index in [4.69, 9.17) is 0 Å². The van der Waals surface area contributed by atoms with Crippen LogP contribution in [0.2, 0.25) is 0 Å². The Hall–Kier alpha value is -2.56. The minimum atomic E-state index is -0.390. The van der Waals surface area contributed by atoms with Crippen molar-refractivity contribution >= 4 is 10.9 Å². The van der Waals surface area contributed by atoms with Gasteiger partial charge in [-0.3, -0.25) is 14.3 Å². The van der Waals surface area contributed by atoms with Crippen molar-refractivity contribution in [3.8, 4) is 0 Å². The van der Waals surface area contributed by atoms with Crippen LogP contribution in [0.3, 0.4) is 0 Å². The average molecular weight is 269 g/mol. The maximum atomic E-state index is 13.1. The molecule has 0 atom stereocenters. The topological polar surface area (TPSA) is 47.8 Å². The van der Waals surface area contributed by atoms with E-state index in [9.17, 15) is 9.18 Å². The largest absolute Gasteiger partial charge is 0.298 e. The van der Waals surface area contributed by atoms with Crippen molar-refractivity contribution in [2.24, 2.45) is 0 Å². The van der Waals surface area contributed by atoms with Crippen LogP contribution in [0.4, 0.5) is 4.39 Å². The number of benzene rings is 1. The molecule has 0 bridgehead atoms. The predicted octanol–water partition coefficient (Wildman–Crippen LogP) is 2.17.